The molecule has 0 saturated heterocycles. The molecule has 0 fully saturated rings. The molecule has 0 radical (unpaired) electrons. The summed E-state index contributed by atoms with van der Waals surface area (Å²) < 4.78 is 0. The first-order valence-electron chi connectivity index (χ1n) is 24.7. The Hall–Kier alpha value is -5.80. The Morgan fingerprint density at radius 1 is 0.343 bits per heavy atom. The molecule has 3 heteroatoms. The van der Waals surface area contributed by atoms with Crippen LogP contribution in [0.5, 0.6) is 0 Å². The van der Waals surface area contributed by atoms with Crippen LogP contribution in [0.4, 0.5) is 34.1 Å². The number of hydrogen-bond donors (Lipinski definition) is 0. The van der Waals surface area contributed by atoms with Gasteiger partial charge in [-0.05, 0) is 195 Å². The number of aryl methyl sites for hydroxylation is 6. The Balaban J connectivity index is 1.42. The van der Waals surface area contributed by atoms with Gasteiger partial charge in [-0.2, -0.15) is 0 Å². The van der Waals surface area contributed by atoms with E-state index in [1.165, 1.54) is 128 Å². The maximum absolute atomic E-state index is 2.64. The van der Waals surface area contributed by atoms with Crippen LogP contribution in [-0.4, -0.2) is 6.71 Å². The normalized spacial score (nSPS) is 13.7. The van der Waals surface area contributed by atoms with Crippen molar-refractivity contribution < 1.29 is 0 Å². The van der Waals surface area contributed by atoms with Gasteiger partial charge in [-0.3, -0.25) is 0 Å². The van der Waals surface area contributed by atoms with Crippen molar-refractivity contribution in [2.24, 2.45) is 0 Å². The van der Waals surface area contributed by atoms with E-state index in [9.17, 15) is 0 Å². The van der Waals surface area contributed by atoms with E-state index in [0.717, 1.165) is 0 Å². The van der Waals surface area contributed by atoms with Crippen LogP contribution in [0.3, 0.4) is 0 Å². The molecule has 0 unspecified atom stereocenters. The van der Waals surface area contributed by atoms with Crippen LogP contribution in [0.2, 0.25) is 0 Å². The molecule has 7 aromatic rings. The monoisotopic (exact) mass is 881 g/mol. The number of nitrogens with zero attached hydrogens (tertiary/aromatic N) is 2. The molecule has 0 amide bonds. The third-order valence-electron chi connectivity index (χ3n) is 14.7. The smallest absolute Gasteiger partial charge is 0.252 e. The molecular formula is C64H73BN2. The lowest BCUT2D eigenvalue weighted by Crippen LogP contribution is -2.61. The fourth-order valence-corrected chi connectivity index (χ4v) is 11.0. The minimum Gasteiger partial charge on any atom is -0.311 e. The van der Waals surface area contributed by atoms with Crippen LogP contribution < -0.4 is 26.2 Å². The summed E-state index contributed by atoms with van der Waals surface area (Å²) in [7, 11) is 0. The van der Waals surface area contributed by atoms with E-state index in [-0.39, 0.29) is 28.4 Å². The molecule has 0 aromatic heterocycles. The molecule has 0 N–H and O–H groups in total. The Bertz CT molecular complexity index is 3050. The Morgan fingerprint density at radius 2 is 0.731 bits per heavy atom. The topological polar surface area (TPSA) is 6.48 Å². The summed E-state index contributed by atoms with van der Waals surface area (Å²) in [6.45, 7) is 41.8. The van der Waals surface area contributed by atoms with Crippen molar-refractivity contribution >= 4 is 57.2 Å². The van der Waals surface area contributed by atoms with Crippen LogP contribution in [0, 0.1) is 41.5 Å². The molecular weight excluding hydrogens is 808 g/mol. The van der Waals surface area contributed by atoms with E-state index in [2.05, 4.69) is 250 Å². The van der Waals surface area contributed by atoms with E-state index < -0.39 is 0 Å². The quantitative estimate of drug-likeness (QED) is 0.163. The summed E-state index contributed by atoms with van der Waals surface area (Å²) in [5.74, 6) is 0. The first kappa shape index (κ1) is 46.3. The minimum absolute atomic E-state index is 0.00583. The molecule has 2 heterocycles. The second-order valence-electron chi connectivity index (χ2n) is 24.5. The minimum atomic E-state index is -0.0484. The highest BCUT2D eigenvalue weighted by atomic mass is 15.2. The van der Waals surface area contributed by atoms with Gasteiger partial charge in [0.05, 0.1) is 0 Å². The van der Waals surface area contributed by atoms with Gasteiger partial charge < -0.3 is 9.80 Å². The summed E-state index contributed by atoms with van der Waals surface area (Å²) in [6, 6.07) is 46.1. The number of hydrogen-bond acceptors (Lipinski definition) is 2. The highest BCUT2D eigenvalue weighted by molar-refractivity contribution is 7.00. The molecule has 2 aliphatic rings. The third-order valence-corrected chi connectivity index (χ3v) is 14.7. The molecule has 67 heavy (non-hydrogen) atoms. The zero-order chi connectivity index (χ0) is 48.4. The standard InChI is InChI=1S/C64H73BN2/c1-38-19-22-52(41(4)25-38)44-20-23-53-55(30-44)66(50-34-46(61(7,8)9)32-47(35-50)62(10,11)12)57-28-40(3)29-58-60(57)65(53)54-24-21-45(59-42(5)26-39(2)27-43(59)6)31-56(54)67(58)51-36-48(63(13,14)15)33-49(37-51)64(16,17)18/h19-37H,1-18H3. The molecule has 342 valence electrons. The highest BCUT2D eigenvalue weighted by Crippen LogP contribution is 2.49. The molecule has 0 bridgehead atoms. The number of anilines is 6. The van der Waals surface area contributed by atoms with E-state index in [1.54, 1.807) is 0 Å². The molecule has 0 atom stereocenters. The van der Waals surface area contributed by atoms with Crippen molar-refractivity contribution in [1.29, 1.82) is 0 Å². The van der Waals surface area contributed by atoms with Crippen molar-refractivity contribution in [3.05, 3.63) is 171 Å². The molecule has 7 aromatic carbocycles. The second-order valence-corrected chi connectivity index (χ2v) is 24.5. The van der Waals surface area contributed by atoms with Crippen molar-refractivity contribution in [3.8, 4) is 22.3 Å². The lowest BCUT2D eigenvalue weighted by molar-refractivity contribution is 0.568. The maximum Gasteiger partial charge on any atom is 0.252 e. The zero-order valence-corrected chi connectivity index (χ0v) is 43.9. The van der Waals surface area contributed by atoms with Gasteiger partial charge in [-0.1, -0.05) is 161 Å². The molecule has 0 aliphatic carbocycles. The molecule has 0 saturated carbocycles. The van der Waals surface area contributed by atoms with Crippen molar-refractivity contribution in [3.63, 3.8) is 0 Å². The van der Waals surface area contributed by atoms with E-state index in [1.807, 2.05) is 0 Å². The first-order chi connectivity index (χ1) is 31.2. The van der Waals surface area contributed by atoms with Crippen LogP contribution in [0.15, 0.2) is 115 Å². The van der Waals surface area contributed by atoms with Crippen LogP contribution in [0.25, 0.3) is 22.3 Å². The van der Waals surface area contributed by atoms with Crippen molar-refractivity contribution in [2.75, 3.05) is 9.80 Å². The summed E-state index contributed by atoms with van der Waals surface area (Å²) in [6.07, 6.45) is 0. The molecule has 0 spiro atoms. The van der Waals surface area contributed by atoms with E-state index in [0.29, 0.717) is 0 Å². The van der Waals surface area contributed by atoms with Crippen molar-refractivity contribution in [2.45, 2.75) is 146 Å². The van der Waals surface area contributed by atoms with Gasteiger partial charge in [-0.15, -0.1) is 0 Å². The first-order valence-corrected chi connectivity index (χ1v) is 24.7. The number of rotatable bonds is 4. The summed E-state index contributed by atoms with van der Waals surface area (Å²) >= 11 is 0. The predicted octanol–water partition coefficient (Wildman–Crippen LogP) is 16.1. The summed E-state index contributed by atoms with van der Waals surface area (Å²) in [4.78, 5) is 5.28. The SMILES string of the molecule is Cc1ccc(-c2ccc3c(c2)N(c2cc(C(C)(C)C)cc(C(C)(C)C)c2)c2cc(C)cc4c2B3c2ccc(-c3c(C)cc(C)cc3C)cc2N4c2cc(C(C)(C)C)cc(C(C)(C)C)c2)c(C)c1. The molecule has 2 aliphatic heterocycles. The summed E-state index contributed by atoms with van der Waals surface area (Å²) in [5.41, 5.74) is 29.5. The third kappa shape index (κ3) is 8.25. The summed E-state index contributed by atoms with van der Waals surface area (Å²) in [5, 5.41) is 0. The van der Waals surface area contributed by atoms with Gasteiger partial charge in [0.2, 0.25) is 0 Å². The Labute approximate surface area is 404 Å². The van der Waals surface area contributed by atoms with Crippen LogP contribution in [0.1, 0.15) is 139 Å². The largest absolute Gasteiger partial charge is 0.311 e. The molecule has 9 rings (SSSR count). The van der Waals surface area contributed by atoms with E-state index in [4.69, 9.17) is 0 Å². The fourth-order valence-electron chi connectivity index (χ4n) is 11.0. The van der Waals surface area contributed by atoms with Gasteiger partial charge in [0.25, 0.3) is 6.71 Å². The van der Waals surface area contributed by atoms with Gasteiger partial charge >= 0.3 is 0 Å². The maximum atomic E-state index is 2.64. The lowest BCUT2D eigenvalue weighted by atomic mass is 9.33. The predicted molar refractivity (Wildman–Crippen MR) is 295 cm³/mol. The fraction of sp³-hybridized carbons (Fsp3) is 0.344. The Morgan fingerprint density at radius 3 is 1.15 bits per heavy atom. The van der Waals surface area contributed by atoms with Crippen LogP contribution in [-0.2, 0) is 21.7 Å². The van der Waals surface area contributed by atoms with Gasteiger partial charge in [-0.25, -0.2) is 0 Å². The number of fused-ring (bicyclic) bond motifs is 4. The zero-order valence-electron chi connectivity index (χ0n) is 43.9. The van der Waals surface area contributed by atoms with Gasteiger partial charge in [0.1, 0.15) is 0 Å². The van der Waals surface area contributed by atoms with Gasteiger partial charge in [0.15, 0.2) is 0 Å². The highest BCUT2D eigenvalue weighted by Gasteiger charge is 2.44. The number of benzene rings is 7. The van der Waals surface area contributed by atoms with Crippen molar-refractivity contribution in [1.82, 2.24) is 0 Å². The van der Waals surface area contributed by atoms with Crippen LogP contribution >= 0.6 is 0 Å². The molecule has 2 nitrogen and oxygen atoms in total. The second kappa shape index (κ2) is 15.9. The average molecular weight is 881 g/mol. The van der Waals surface area contributed by atoms with E-state index >= 15 is 0 Å². The lowest BCUT2D eigenvalue weighted by Gasteiger charge is -2.45. The average Bonchev–Trinajstić information content (AvgIpc) is 3.21. The van der Waals surface area contributed by atoms with Gasteiger partial charge in [0, 0.05) is 34.1 Å². The Kier molecular flexibility index (Phi) is 11.0.